The molecule has 0 aliphatic carbocycles. The summed E-state index contributed by atoms with van der Waals surface area (Å²) in [6.07, 6.45) is -1.59. The fraction of sp³-hybridized carbons (Fsp3) is 0.667. The number of hydrogen-bond acceptors (Lipinski definition) is 6. The van der Waals surface area contributed by atoms with Crippen LogP contribution in [0, 0.1) is 0 Å². The number of nitrogens with one attached hydrogen (secondary N) is 1. The van der Waals surface area contributed by atoms with Crippen molar-refractivity contribution in [2.45, 2.75) is 6.42 Å². The van der Waals surface area contributed by atoms with Crippen LogP contribution in [0.3, 0.4) is 0 Å². The summed E-state index contributed by atoms with van der Waals surface area (Å²) in [5, 5.41) is 8.20. The van der Waals surface area contributed by atoms with Gasteiger partial charge in [-0.2, -0.15) is 0 Å². The van der Waals surface area contributed by atoms with Gasteiger partial charge in [-0.1, -0.05) is 0 Å². The first kappa shape index (κ1) is 13.7. The number of carbonyl (C=O) groups excluding carboxylic acids is 1. The van der Waals surface area contributed by atoms with Crippen LogP contribution in [-0.2, 0) is 19.6 Å². The van der Waals surface area contributed by atoms with Crippen molar-refractivity contribution in [3.05, 3.63) is 0 Å². The third-order valence-electron chi connectivity index (χ3n) is 1.17. The van der Waals surface area contributed by atoms with Crippen LogP contribution in [-0.4, -0.2) is 44.5 Å². The van der Waals surface area contributed by atoms with Gasteiger partial charge in [-0.25, -0.2) is 17.9 Å². The quantitative estimate of drug-likeness (QED) is 0.512. The molecule has 9 heteroatoms. The lowest BCUT2D eigenvalue weighted by Crippen LogP contribution is -2.35. The Morgan fingerprint density at radius 3 is 2.47 bits per heavy atom. The van der Waals surface area contributed by atoms with Crippen molar-refractivity contribution >= 4 is 22.1 Å². The standard InChI is InChI=1S/C6H12N2O6S/c7-2-4-15(12,13)8-6(11)14-3-1-5(9)10/h1-4,7H2,(H,8,11)(H,9,10). The Hall–Kier alpha value is -1.35. The van der Waals surface area contributed by atoms with Gasteiger partial charge in [-0.05, 0) is 0 Å². The molecule has 4 N–H and O–H groups in total. The molecular weight excluding hydrogens is 228 g/mol. The fourth-order valence-corrected chi connectivity index (χ4v) is 1.32. The third-order valence-corrected chi connectivity index (χ3v) is 2.43. The maximum atomic E-state index is 10.9. The van der Waals surface area contributed by atoms with Gasteiger partial charge in [0.1, 0.15) is 6.61 Å². The zero-order valence-electron chi connectivity index (χ0n) is 7.80. The minimum atomic E-state index is -3.78. The fourth-order valence-electron chi connectivity index (χ4n) is 0.594. The molecule has 0 saturated heterocycles. The molecule has 0 fully saturated rings. The van der Waals surface area contributed by atoms with Crippen molar-refractivity contribution in [2.75, 3.05) is 18.9 Å². The summed E-state index contributed by atoms with van der Waals surface area (Å²) in [4.78, 5) is 20.8. The number of ether oxygens (including phenoxy) is 1. The monoisotopic (exact) mass is 240 g/mol. The summed E-state index contributed by atoms with van der Waals surface area (Å²) >= 11 is 0. The maximum Gasteiger partial charge on any atom is 0.420 e. The van der Waals surface area contributed by atoms with E-state index in [0.29, 0.717) is 0 Å². The van der Waals surface area contributed by atoms with Crippen LogP contribution in [0.1, 0.15) is 6.42 Å². The van der Waals surface area contributed by atoms with Gasteiger partial charge >= 0.3 is 12.1 Å². The van der Waals surface area contributed by atoms with E-state index in [-0.39, 0.29) is 19.6 Å². The van der Waals surface area contributed by atoms with E-state index < -0.39 is 27.8 Å². The molecule has 0 unspecified atom stereocenters. The summed E-state index contributed by atoms with van der Waals surface area (Å²) in [5.41, 5.74) is 4.98. The van der Waals surface area contributed by atoms with Crippen molar-refractivity contribution < 1.29 is 27.9 Å². The highest BCUT2D eigenvalue weighted by molar-refractivity contribution is 7.90. The Morgan fingerprint density at radius 2 is 2.00 bits per heavy atom. The molecule has 0 spiro atoms. The van der Waals surface area contributed by atoms with E-state index >= 15 is 0 Å². The number of amides is 1. The summed E-state index contributed by atoms with van der Waals surface area (Å²) < 4.78 is 27.7. The molecule has 0 rings (SSSR count). The first-order chi connectivity index (χ1) is 6.87. The summed E-state index contributed by atoms with van der Waals surface area (Å²) in [6, 6.07) is 0. The molecule has 0 aromatic rings. The highest BCUT2D eigenvalue weighted by Crippen LogP contribution is 1.88. The topological polar surface area (TPSA) is 136 Å². The van der Waals surface area contributed by atoms with E-state index in [0.717, 1.165) is 0 Å². The molecule has 0 aliphatic heterocycles. The molecule has 8 nitrogen and oxygen atoms in total. The average Bonchev–Trinajstić information content (AvgIpc) is 2.01. The second-order valence-corrected chi connectivity index (χ2v) is 4.33. The molecule has 0 aromatic heterocycles. The number of aliphatic carboxylic acids is 1. The Balaban J connectivity index is 3.89. The molecule has 0 aromatic carbocycles. The van der Waals surface area contributed by atoms with Crippen LogP contribution < -0.4 is 10.5 Å². The molecule has 0 atom stereocenters. The van der Waals surface area contributed by atoms with E-state index in [4.69, 9.17) is 10.8 Å². The van der Waals surface area contributed by atoms with E-state index in [1.807, 2.05) is 0 Å². The second kappa shape index (κ2) is 6.19. The normalized spacial score (nSPS) is 10.7. The van der Waals surface area contributed by atoms with E-state index in [1.165, 1.54) is 0 Å². The Morgan fingerprint density at radius 1 is 1.40 bits per heavy atom. The molecule has 0 aliphatic rings. The largest absolute Gasteiger partial charge is 0.481 e. The summed E-state index contributed by atoms with van der Waals surface area (Å²) in [6.45, 7) is -0.517. The molecular formula is C6H12N2O6S. The maximum absolute atomic E-state index is 10.9. The Labute approximate surface area is 86.4 Å². The van der Waals surface area contributed by atoms with Gasteiger partial charge in [0, 0.05) is 6.54 Å². The molecule has 0 bridgehead atoms. The minimum Gasteiger partial charge on any atom is -0.481 e. The summed E-state index contributed by atoms with van der Waals surface area (Å²) in [7, 11) is -3.78. The van der Waals surface area contributed by atoms with Crippen LogP contribution in [0.5, 0.6) is 0 Å². The van der Waals surface area contributed by atoms with Gasteiger partial charge in [0.25, 0.3) is 0 Å². The van der Waals surface area contributed by atoms with Crippen LogP contribution >= 0.6 is 0 Å². The van der Waals surface area contributed by atoms with Crippen LogP contribution in [0.2, 0.25) is 0 Å². The van der Waals surface area contributed by atoms with Gasteiger partial charge in [-0.15, -0.1) is 0 Å². The van der Waals surface area contributed by atoms with Gasteiger partial charge < -0.3 is 15.6 Å². The van der Waals surface area contributed by atoms with Crippen molar-refractivity contribution in [3.8, 4) is 0 Å². The first-order valence-electron chi connectivity index (χ1n) is 3.96. The zero-order valence-corrected chi connectivity index (χ0v) is 8.62. The van der Waals surface area contributed by atoms with Crippen molar-refractivity contribution in [2.24, 2.45) is 5.73 Å². The average molecular weight is 240 g/mol. The highest BCUT2D eigenvalue weighted by Gasteiger charge is 2.14. The lowest BCUT2D eigenvalue weighted by Gasteiger charge is -2.05. The third kappa shape index (κ3) is 7.70. The smallest absolute Gasteiger partial charge is 0.420 e. The van der Waals surface area contributed by atoms with Crippen LogP contribution in [0.25, 0.3) is 0 Å². The lowest BCUT2D eigenvalue weighted by atomic mass is 10.5. The van der Waals surface area contributed by atoms with Crippen LogP contribution in [0.4, 0.5) is 4.79 Å². The minimum absolute atomic E-state index is 0.127. The number of carboxylic acids is 1. The van der Waals surface area contributed by atoms with Crippen molar-refractivity contribution in [1.82, 2.24) is 4.72 Å². The molecule has 88 valence electrons. The predicted molar refractivity (Wildman–Crippen MR) is 49.6 cm³/mol. The van der Waals surface area contributed by atoms with E-state index in [2.05, 4.69) is 4.74 Å². The number of carboxylic acid groups (broad SMARTS) is 1. The number of sulfonamides is 1. The van der Waals surface area contributed by atoms with E-state index in [9.17, 15) is 18.0 Å². The van der Waals surface area contributed by atoms with Crippen molar-refractivity contribution in [3.63, 3.8) is 0 Å². The number of rotatable bonds is 6. The summed E-state index contributed by atoms with van der Waals surface area (Å²) in [5.74, 6) is -1.55. The van der Waals surface area contributed by atoms with Gasteiger partial charge in [0.2, 0.25) is 10.0 Å². The number of carbonyl (C=O) groups is 2. The Kier molecular flexibility index (Phi) is 5.64. The zero-order chi connectivity index (χ0) is 11.9. The van der Waals surface area contributed by atoms with Crippen molar-refractivity contribution in [1.29, 1.82) is 0 Å². The molecule has 15 heavy (non-hydrogen) atoms. The molecule has 1 amide bonds. The van der Waals surface area contributed by atoms with Gasteiger partial charge in [-0.3, -0.25) is 4.79 Å². The number of hydrogen-bond donors (Lipinski definition) is 3. The SMILES string of the molecule is NCCS(=O)(=O)NC(=O)OCCC(=O)O. The first-order valence-corrected chi connectivity index (χ1v) is 5.61. The van der Waals surface area contributed by atoms with Gasteiger partial charge in [0.15, 0.2) is 0 Å². The highest BCUT2D eigenvalue weighted by atomic mass is 32.2. The molecule has 0 heterocycles. The molecule has 0 radical (unpaired) electrons. The van der Waals surface area contributed by atoms with Crippen LogP contribution in [0.15, 0.2) is 0 Å². The molecule has 0 saturated carbocycles. The second-order valence-electron chi connectivity index (χ2n) is 2.49. The number of nitrogens with two attached hydrogens (primary N) is 1. The van der Waals surface area contributed by atoms with Gasteiger partial charge in [0.05, 0.1) is 12.2 Å². The predicted octanol–water partition coefficient (Wildman–Crippen LogP) is -1.52. The lowest BCUT2D eigenvalue weighted by molar-refractivity contribution is -0.137. The Bertz CT molecular complexity index is 325. The van der Waals surface area contributed by atoms with E-state index in [1.54, 1.807) is 4.72 Å².